The summed E-state index contributed by atoms with van der Waals surface area (Å²) < 4.78 is 13.3. The number of amides is 1. The number of hydrogen-bond donors (Lipinski definition) is 2. The fourth-order valence-corrected chi connectivity index (χ4v) is 5.18. The van der Waals surface area contributed by atoms with Gasteiger partial charge in [-0.2, -0.15) is 9.78 Å². The van der Waals surface area contributed by atoms with E-state index in [0.29, 0.717) is 28.7 Å². The molecule has 0 unspecified atom stereocenters. The Kier molecular flexibility index (Phi) is 6.24. The van der Waals surface area contributed by atoms with Crippen LogP contribution in [0.4, 0.5) is 5.82 Å². The minimum Gasteiger partial charge on any atom is -0.483 e. The van der Waals surface area contributed by atoms with Crippen LogP contribution in [0.2, 0.25) is 0 Å². The van der Waals surface area contributed by atoms with Crippen LogP contribution in [0.15, 0.2) is 83.0 Å². The smallest absolute Gasteiger partial charge is 0.263 e. The molecule has 39 heavy (non-hydrogen) atoms. The van der Waals surface area contributed by atoms with E-state index in [9.17, 15) is 9.59 Å². The number of carbonyl (C=O) groups is 1. The normalized spacial score (nSPS) is 13.5. The van der Waals surface area contributed by atoms with Gasteiger partial charge in [-0.3, -0.25) is 14.6 Å². The summed E-state index contributed by atoms with van der Waals surface area (Å²) in [6, 6.07) is 22.1. The van der Waals surface area contributed by atoms with Gasteiger partial charge in [-0.05, 0) is 31.4 Å². The number of rotatable bonds is 7. The number of H-pyrrole nitrogens is 1. The van der Waals surface area contributed by atoms with E-state index in [-0.39, 0.29) is 23.7 Å². The van der Waals surface area contributed by atoms with Gasteiger partial charge in [0.2, 0.25) is 5.95 Å². The predicted octanol–water partition coefficient (Wildman–Crippen LogP) is 5.08. The van der Waals surface area contributed by atoms with Gasteiger partial charge < -0.3 is 14.8 Å². The van der Waals surface area contributed by atoms with E-state index < -0.39 is 5.91 Å². The third kappa shape index (κ3) is 5.19. The number of carbonyl (C=O) groups excluding carboxylic acids is 1. The monoisotopic (exact) mass is 539 g/mol. The first-order valence-corrected chi connectivity index (χ1v) is 13.3. The van der Waals surface area contributed by atoms with Crippen LogP contribution in [0.3, 0.4) is 0 Å². The minimum atomic E-state index is -0.398. The lowest BCUT2D eigenvalue weighted by atomic mass is 10.0. The maximum atomic E-state index is 13.0. The molecule has 196 valence electrons. The Balaban J connectivity index is 1.29. The van der Waals surface area contributed by atoms with Gasteiger partial charge in [-0.15, -0.1) is 11.3 Å². The zero-order chi connectivity index (χ0) is 27.0. The van der Waals surface area contributed by atoms with E-state index in [1.165, 1.54) is 22.1 Å². The van der Waals surface area contributed by atoms with Gasteiger partial charge in [0.15, 0.2) is 18.1 Å². The molecule has 3 aromatic heterocycles. The number of aromatic nitrogens is 4. The molecule has 0 aliphatic carbocycles. The molecule has 1 aliphatic heterocycles. The Morgan fingerprint density at radius 1 is 1.10 bits per heavy atom. The molecular weight excluding hydrogens is 514 g/mol. The molecule has 2 aromatic carbocycles. The fourth-order valence-electron chi connectivity index (χ4n) is 4.50. The number of hydrogen-bond acceptors (Lipinski definition) is 7. The Morgan fingerprint density at radius 3 is 2.74 bits per heavy atom. The summed E-state index contributed by atoms with van der Waals surface area (Å²) in [5.74, 6) is 1.31. The lowest BCUT2D eigenvalue weighted by Crippen LogP contribution is -2.25. The molecule has 0 fully saturated rings. The number of aromatic amines is 1. The second-order valence-corrected chi connectivity index (χ2v) is 10.7. The van der Waals surface area contributed by atoms with Crippen LogP contribution in [-0.2, 0) is 11.2 Å². The first kappa shape index (κ1) is 24.6. The van der Waals surface area contributed by atoms with Crippen molar-refractivity contribution in [2.45, 2.75) is 25.9 Å². The van der Waals surface area contributed by atoms with Gasteiger partial charge in [0, 0.05) is 29.7 Å². The summed E-state index contributed by atoms with van der Waals surface area (Å²) in [5, 5.41) is 9.46. The van der Waals surface area contributed by atoms with E-state index in [1.807, 2.05) is 73.8 Å². The highest BCUT2D eigenvalue weighted by molar-refractivity contribution is 7.13. The van der Waals surface area contributed by atoms with Gasteiger partial charge in [-0.1, -0.05) is 48.5 Å². The highest BCUT2D eigenvalue weighted by Crippen LogP contribution is 2.41. The number of thiophene rings is 1. The van der Waals surface area contributed by atoms with Gasteiger partial charge in [-0.25, -0.2) is 4.98 Å². The Bertz CT molecular complexity index is 1710. The molecule has 10 heteroatoms. The summed E-state index contributed by atoms with van der Waals surface area (Å²) in [5.41, 5.74) is 2.29. The van der Waals surface area contributed by atoms with E-state index in [1.54, 1.807) is 12.1 Å². The van der Waals surface area contributed by atoms with Crippen molar-refractivity contribution in [3.63, 3.8) is 0 Å². The Morgan fingerprint density at radius 2 is 1.95 bits per heavy atom. The SMILES string of the molecule is CC1(C)Cc2cccc(OCC(=O)Nc3cc(-c4cccs4)nn3-c3nc(-c4ccccc4)cc(=O)[nH]3)c2O1. The predicted molar refractivity (Wildman–Crippen MR) is 150 cm³/mol. The quantitative estimate of drug-likeness (QED) is 0.298. The van der Waals surface area contributed by atoms with Crippen LogP contribution in [0, 0.1) is 0 Å². The number of ether oxygens (including phenoxy) is 2. The van der Waals surface area contributed by atoms with Crippen molar-refractivity contribution < 1.29 is 14.3 Å². The summed E-state index contributed by atoms with van der Waals surface area (Å²) in [7, 11) is 0. The standard InChI is InChI=1S/C29H25N5O4S/c1-29(2)16-19-10-6-11-22(27(19)38-29)37-17-26(36)31-24-14-21(23-12-7-13-39-23)33-34(24)28-30-20(15-25(35)32-28)18-8-4-3-5-9-18/h3-15H,16-17H2,1-2H3,(H,31,36)(H,30,32,35). The van der Waals surface area contributed by atoms with Crippen LogP contribution in [0.5, 0.6) is 11.5 Å². The van der Waals surface area contributed by atoms with Crippen molar-refractivity contribution in [3.05, 3.63) is 94.1 Å². The maximum absolute atomic E-state index is 13.0. The van der Waals surface area contributed by atoms with Crippen LogP contribution in [0.25, 0.3) is 27.8 Å². The number of anilines is 1. The van der Waals surface area contributed by atoms with Crippen LogP contribution in [-0.4, -0.2) is 37.9 Å². The summed E-state index contributed by atoms with van der Waals surface area (Å²) in [6.07, 6.45) is 0.768. The summed E-state index contributed by atoms with van der Waals surface area (Å²) in [4.78, 5) is 33.9. The second kappa shape index (κ2) is 9.88. The molecule has 5 aromatic rings. The fraction of sp³-hybridized carbons (Fsp3) is 0.172. The molecule has 4 heterocycles. The van der Waals surface area contributed by atoms with Crippen molar-refractivity contribution in [2.24, 2.45) is 0 Å². The first-order chi connectivity index (χ1) is 18.8. The van der Waals surface area contributed by atoms with Gasteiger partial charge in [0.25, 0.3) is 11.5 Å². The van der Waals surface area contributed by atoms with Crippen molar-refractivity contribution in [3.8, 4) is 39.3 Å². The van der Waals surface area contributed by atoms with E-state index in [0.717, 1.165) is 22.4 Å². The average Bonchev–Trinajstić information content (AvgIpc) is 3.65. The minimum absolute atomic E-state index is 0.178. The molecular formula is C29H25N5O4S. The molecule has 0 bridgehead atoms. The number of fused-ring (bicyclic) bond motifs is 1. The van der Waals surface area contributed by atoms with Crippen molar-refractivity contribution in [2.75, 3.05) is 11.9 Å². The van der Waals surface area contributed by atoms with Crippen molar-refractivity contribution in [1.29, 1.82) is 0 Å². The lowest BCUT2D eigenvalue weighted by molar-refractivity contribution is -0.118. The molecule has 2 N–H and O–H groups in total. The van der Waals surface area contributed by atoms with E-state index in [2.05, 4.69) is 20.4 Å². The molecule has 1 amide bonds. The highest BCUT2D eigenvalue weighted by Gasteiger charge is 2.32. The molecule has 0 saturated carbocycles. The molecule has 0 radical (unpaired) electrons. The van der Waals surface area contributed by atoms with Gasteiger partial charge in [0.1, 0.15) is 17.1 Å². The zero-order valence-electron chi connectivity index (χ0n) is 21.3. The van der Waals surface area contributed by atoms with Crippen LogP contribution in [0.1, 0.15) is 19.4 Å². The van der Waals surface area contributed by atoms with Crippen LogP contribution < -0.4 is 20.3 Å². The van der Waals surface area contributed by atoms with Gasteiger partial charge >= 0.3 is 0 Å². The van der Waals surface area contributed by atoms with Crippen molar-refractivity contribution >= 4 is 23.1 Å². The van der Waals surface area contributed by atoms with Crippen molar-refractivity contribution in [1.82, 2.24) is 19.7 Å². The highest BCUT2D eigenvalue weighted by atomic mass is 32.1. The zero-order valence-corrected chi connectivity index (χ0v) is 22.1. The summed E-state index contributed by atoms with van der Waals surface area (Å²) in [6.45, 7) is 3.79. The molecule has 0 saturated heterocycles. The van der Waals surface area contributed by atoms with E-state index >= 15 is 0 Å². The maximum Gasteiger partial charge on any atom is 0.263 e. The molecule has 0 atom stereocenters. The molecule has 1 aliphatic rings. The van der Waals surface area contributed by atoms with E-state index in [4.69, 9.17) is 9.47 Å². The third-order valence-corrected chi connectivity index (χ3v) is 7.06. The number of nitrogens with one attached hydrogen (secondary N) is 2. The van der Waals surface area contributed by atoms with Crippen LogP contribution >= 0.6 is 11.3 Å². The molecule has 9 nitrogen and oxygen atoms in total. The first-order valence-electron chi connectivity index (χ1n) is 12.4. The topological polar surface area (TPSA) is 111 Å². The molecule has 0 spiro atoms. The largest absolute Gasteiger partial charge is 0.483 e. The number of nitrogens with zero attached hydrogens (tertiary/aromatic N) is 3. The summed E-state index contributed by atoms with van der Waals surface area (Å²) >= 11 is 1.51. The number of para-hydroxylation sites is 1. The average molecular weight is 540 g/mol. The Labute approximate surface area is 228 Å². The second-order valence-electron chi connectivity index (χ2n) is 9.74. The van der Waals surface area contributed by atoms with Gasteiger partial charge in [0.05, 0.1) is 10.6 Å². The number of benzene rings is 2. The molecule has 6 rings (SSSR count). The Hall–Kier alpha value is -4.70. The lowest BCUT2D eigenvalue weighted by Gasteiger charge is -2.18. The third-order valence-electron chi connectivity index (χ3n) is 6.16.